The molecule has 1 aliphatic heterocycles. The van der Waals surface area contributed by atoms with Crippen molar-refractivity contribution >= 4 is 11.6 Å². The van der Waals surface area contributed by atoms with Gasteiger partial charge in [-0.15, -0.1) is 0 Å². The first-order valence-electron chi connectivity index (χ1n) is 5.85. The van der Waals surface area contributed by atoms with Crippen molar-refractivity contribution in [1.82, 2.24) is 4.90 Å². The Morgan fingerprint density at radius 1 is 1.50 bits per heavy atom. The third-order valence-corrected chi connectivity index (χ3v) is 3.35. The molecule has 0 spiro atoms. The Labute approximate surface area is 101 Å². The molecule has 90 valence electrons. The maximum Gasteiger partial charge on any atom is 0.193 e. The highest BCUT2D eigenvalue weighted by molar-refractivity contribution is 6.28. The van der Waals surface area contributed by atoms with Crippen molar-refractivity contribution in [2.24, 2.45) is 5.92 Å². The number of furan rings is 1. The van der Waals surface area contributed by atoms with Crippen LogP contribution < -0.4 is 0 Å². The Bertz CT molecular complexity index is 325. The third-order valence-electron chi connectivity index (χ3n) is 3.15. The molecule has 16 heavy (non-hydrogen) atoms. The molecule has 1 N–H and O–H groups in total. The summed E-state index contributed by atoms with van der Waals surface area (Å²) in [6, 6.07) is 3.71. The molecule has 0 aliphatic carbocycles. The number of rotatable bonds is 4. The van der Waals surface area contributed by atoms with E-state index in [1.165, 1.54) is 12.8 Å². The molecule has 1 atom stereocenters. The number of likely N-dealkylation sites (tertiary alicyclic amines) is 1. The van der Waals surface area contributed by atoms with Gasteiger partial charge in [0.2, 0.25) is 0 Å². The average Bonchev–Trinajstić information content (AvgIpc) is 2.65. The van der Waals surface area contributed by atoms with Crippen molar-refractivity contribution in [3.63, 3.8) is 0 Å². The van der Waals surface area contributed by atoms with Gasteiger partial charge < -0.3 is 9.52 Å². The second-order valence-corrected chi connectivity index (χ2v) is 4.83. The first-order chi connectivity index (χ1) is 7.78. The number of hydrogen-bond donors (Lipinski definition) is 1. The summed E-state index contributed by atoms with van der Waals surface area (Å²) in [6.07, 6.45) is 3.35. The summed E-state index contributed by atoms with van der Waals surface area (Å²) >= 11 is 5.74. The molecular weight excluding hydrogens is 226 g/mol. The molecule has 0 bridgehead atoms. The van der Waals surface area contributed by atoms with Crippen LogP contribution in [0, 0.1) is 5.92 Å². The molecule has 0 aromatic carbocycles. The van der Waals surface area contributed by atoms with Crippen LogP contribution in [0.3, 0.4) is 0 Å². The summed E-state index contributed by atoms with van der Waals surface area (Å²) in [5, 5.41) is 9.40. The van der Waals surface area contributed by atoms with Crippen molar-refractivity contribution in [2.75, 3.05) is 19.7 Å². The Balaban J connectivity index is 1.85. The highest BCUT2D eigenvalue weighted by atomic mass is 35.5. The lowest BCUT2D eigenvalue weighted by molar-refractivity contribution is 0.135. The lowest BCUT2D eigenvalue weighted by Crippen LogP contribution is -2.35. The molecule has 2 heterocycles. The SMILES string of the molecule is OCCC1CCCN(Cc2ccc(Cl)o2)C1. The first kappa shape index (κ1) is 12.0. The minimum absolute atomic E-state index is 0.297. The molecule has 2 rings (SSSR count). The van der Waals surface area contributed by atoms with Crippen LogP contribution in [0.5, 0.6) is 0 Å². The molecule has 0 radical (unpaired) electrons. The molecular formula is C12H18ClNO2. The highest BCUT2D eigenvalue weighted by Crippen LogP contribution is 2.22. The molecule has 1 saturated heterocycles. The zero-order chi connectivity index (χ0) is 11.4. The van der Waals surface area contributed by atoms with Gasteiger partial charge in [0, 0.05) is 13.2 Å². The van der Waals surface area contributed by atoms with Crippen molar-refractivity contribution in [1.29, 1.82) is 0 Å². The molecule has 1 aromatic rings. The fourth-order valence-corrected chi connectivity index (χ4v) is 2.53. The Morgan fingerprint density at radius 3 is 3.06 bits per heavy atom. The number of halogens is 1. The lowest BCUT2D eigenvalue weighted by Gasteiger charge is -2.31. The Hall–Kier alpha value is -0.510. The van der Waals surface area contributed by atoms with Gasteiger partial charge in [-0.2, -0.15) is 0 Å². The van der Waals surface area contributed by atoms with Crippen LogP contribution in [0.2, 0.25) is 5.22 Å². The minimum Gasteiger partial charge on any atom is -0.448 e. The van der Waals surface area contributed by atoms with E-state index in [1.807, 2.05) is 6.07 Å². The average molecular weight is 244 g/mol. The topological polar surface area (TPSA) is 36.6 Å². The lowest BCUT2D eigenvalue weighted by atomic mass is 9.95. The van der Waals surface area contributed by atoms with E-state index in [4.69, 9.17) is 21.1 Å². The van der Waals surface area contributed by atoms with Crippen LogP contribution in [0.25, 0.3) is 0 Å². The van der Waals surface area contributed by atoms with Crippen LogP contribution in [-0.2, 0) is 6.54 Å². The van der Waals surface area contributed by atoms with Gasteiger partial charge in [-0.25, -0.2) is 0 Å². The molecule has 1 aromatic heterocycles. The maximum atomic E-state index is 8.94. The molecule has 3 nitrogen and oxygen atoms in total. The number of aliphatic hydroxyl groups excluding tert-OH is 1. The second kappa shape index (κ2) is 5.71. The van der Waals surface area contributed by atoms with Gasteiger partial charge >= 0.3 is 0 Å². The van der Waals surface area contributed by atoms with Gasteiger partial charge in [0.25, 0.3) is 0 Å². The van der Waals surface area contributed by atoms with Gasteiger partial charge in [-0.05, 0) is 55.5 Å². The summed E-state index contributed by atoms with van der Waals surface area (Å²) in [5.74, 6) is 1.55. The number of hydrogen-bond acceptors (Lipinski definition) is 3. The monoisotopic (exact) mass is 243 g/mol. The molecule has 1 aliphatic rings. The predicted molar refractivity (Wildman–Crippen MR) is 63.4 cm³/mol. The van der Waals surface area contributed by atoms with E-state index < -0.39 is 0 Å². The van der Waals surface area contributed by atoms with Crippen LogP contribution in [-0.4, -0.2) is 29.7 Å². The van der Waals surface area contributed by atoms with Crippen LogP contribution in [0.4, 0.5) is 0 Å². The predicted octanol–water partition coefficient (Wildman–Crippen LogP) is 2.53. The van der Waals surface area contributed by atoms with Crippen molar-refractivity contribution in [3.05, 3.63) is 23.1 Å². The largest absolute Gasteiger partial charge is 0.448 e. The van der Waals surface area contributed by atoms with Crippen molar-refractivity contribution in [3.8, 4) is 0 Å². The first-order valence-corrected chi connectivity index (χ1v) is 6.23. The fourth-order valence-electron chi connectivity index (χ4n) is 2.37. The van der Waals surface area contributed by atoms with Crippen LogP contribution >= 0.6 is 11.6 Å². The summed E-state index contributed by atoms with van der Waals surface area (Å²) in [4.78, 5) is 2.37. The van der Waals surface area contributed by atoms with Gasteiger partial charge in [0.15, 0.2) is 5.22 Å². The fraction of sp³-hybridized carbons (Fsp3) is 0.667. The molecule has 0 amide bonds. The van der Waals surface area contributed by atoms with Crippen LogP contribution in [0.1, 0.15) is 25.0 Å². The van der Waals surface area contributed by atoms with E-state index in [2.05, 4.69) is 4.90 Å². The molecule has 1 fully saturated rings. The smallest absolute Gasteiger partial charge is 0.193 e. The number of piperidine rings is 1. The highest BCUT2D eigenvalue weighted by Gasteiger charge is 2.20. The van der Waals surface area contributed by atoms with E-state index in [0.717, 1.165) is 31.8 Å². The summed E-state index contributed by atoms with van der Waals surface area (Å²) in [5.41, 5.74) is 0. The van der Waals surface area contributed by atoms with Gasteiger partial charge in [-0.1, -0.05) is 0 Å². The summed E-state index contributed by atoms with van der Waals surface area (Å²) in [6.45, 7) is 3.29. The van der Waals surface area contributed by atoms with Crippen molar-refractivity contribution in [2.45, 2.75) is 25.8 Å². The molecule has 4 heteroatoms. The third kappa shape index (κ3) is 3.24. The minimum atomic E-state index is 0.297. The van der Waals surface area contributed by atoms with Gasteiger partial charge in [0.1, 0.15) is 5.76 Å². The maximum absolute atomic E-state index is 8.94. The Morgan fingerprint density at radius 2 is 2.38 bits per heavy atom. The van der Waals surface area contributed by atoms with E-state index in [-0.39, 0.29) is 0 Å². The van der Waals surface area contributed by atoms with Crippen LogP contribution in [0.15, 0.2) is 16.5 Å². The summed E-state index contributed by atoms with van der Waals surface area (Å²) in [7, 11) is 0. The van der Waals surface area contributed by atoms with E-state index in [1.54, 1.807) is 6.07 Å². The van der Waals surface area contributed by atoms with Gasteiger partial charge in [-0.3, -0.25) is 4.90 Å². The van der Waals surface area contributed by atoms with E-state index in [0.29, 0.717) is 17.7 Å². The number of nitrogens with zero attached hydrogens (tertiary/aromatic N) is 1. The van der Waals surface area contributed by atoms with E-state index >= 15 is 0 Å². The number of aliphatic hydroxyl groups is 1. The Kier molecular flexibility index (Phi) is 4.27. The quantitative estimate of drug-likeness (QED) is 0.883. The zero-order valence-electron chi connectivity index (χ0n) is 9.36. The van der Waals surface area contributed by atoms with Crippen molar-refractivity contribution < 1.29 is 9.52 Å². The molecule has 1 unspecified atom stereocenters. The zero-order valence-corrected chi connectivity index (χ0v) is 10.1. The summed E-state index contributed by atoms with van der Waals surface area (Å²) < 4.78 is 5.36. The standard InChI is InChI=1S/C12H18ClNO2/c13-12-4-3-11(16-12)9-14-6-1-2-10(8-14)5-7-15/h3-4,10,15H,1-2,5-9H2. The second-order valence-electron chi connectivity index (χ2n) is 4.46. The normalized spacial score (nSPS) is 22.5. The molecule has 0 saturated carbocycles. The van der Waals surface area contributed by atoms with E-state index in [9.17, 15) is 0 Å². The van der Waals surface area contributed by atoms with Gasteiger partial charge in [0.05, 0.1) is 6.54 Å².